The van der Waals surface area contributed by atoms with E-state index in [1.54, 1.807) is 18.7 Å². The number of carbonyl (C=O) groups is 1. The lowest BCUT2D eigenvalue weighted by molar-refractivity contribution is 0.101. The van der Waals surface area contributed by atoms with E-state index in [-0.39, 0.29) is 5.78 Å². The second-order valence-corrected chi connectivity index (χ2v) is 4.90. The zero-order chi connectivity index (χ0) is 12.1. The Bertz CT molecular complexity index is 488. The predicted molar refractivity (Wildman–Crippen MR) is 72.4 cm³/mol. The maximum atomic E-state index is 11.1. The molecule has 0 spiro atoms. The Morgan fingerprint density at radius 3 is 2.24 bits per heavy atom. The van der Waals surface area contributed by atoms with Gasteiger partial charge in [-0.25, -0.2) is 0 Å². The molecule has 0 aliphatic heterocycles. The summed E-state index contributed by atoms with van der Waals surface area (Å²) in [5.41, 5.74) is 2.09. The van der Waals surface area contributed by atoms with Gasteiger partial charge in [-0.2, -0.15) is 0 Å². The van der Waals surface area contributed by atoms with Gasteiger partial charge in [0.1, 0.15) is 0 Å². The highest BCUT2D eigenvalue weighted by Crippen LogP contribution is 2.22. The number of hydrogen-bond acceptors (Lipinski definition) is 2. The molecule has 86 valence electrons. The van der Waals surface area contributed by atoms with Gasteiger partial charge in [0.05, 0.1) is 0 Å². The number of ketones is 1. The Morgan fingerprint density at radius 2 is 1.65 bits per heavy atom. The number of carbonyl (C=O) groups excluding carboxylic acids is 1. The summed E-state index contributed by atoms with van der Waals surface area (Å²) in [6.45, 7) is 1.59. The van der Waals surface area contributed by atoms with E-state index in [0.717, 1.165) is 11.3 Å². The molecular weight excluding hydrogens is 228 g/mol. The molecule has 1 nitrogen and oxygen atoms in total. The lowest BCUT2D eigenvalue weighted by Gasteiger charge is -2.02. The van der Waals surface area contributed by atoms with Crippen LogP contribution in [-0.4, -0.2) is 5.78 Å². The molecule has 0 radical (unpaired) electrons. The minimum atomic E-state index is 0.115. The monoisotopic (exact) mass is 242 g/mol. The molecule has 0 atom stereocenters. The Morgan fingerprint density at radius 1 is 1.00 bits per heavy atom. The van der Waals surface area contributed by atoms with Gasteiger partial charge in [0, 0.05) is 16.2 Å². The number of thioether (sulfide) groups is 1. The van der Waals surface area contributed by atoms with Crippen molar-refractivity contribution < 1.29 is 4.79 Å². The van der Waals surface area contributed by atoms with Gasteiger partial charge in [-0.1, -0.05) is 42.5 Å². The fourth-order valence-corrected chi connectivity index (χ4v) is 2.38. The van der Waals surface area contributed by atoms with Crippen LogP contribution in [0.25, 0.3) is 0 Å². The normalized spacial score (nSPS) is 10.2. The molecule has 17 heavy (non-hydrogen) atoms. The Kier molecular flexibility index (Phi) is 3.99. The van der Waals surface area contributed by atoms with Crippen molar-refractivity contribution in [3.05, 3.63) is 65.7 Å². The van der Waals surface area contributed by atoms with E-state index in [4.69, 9.17) is 0 Å². The lowest BCUT2D eigenvalue weighted by atomic mass is 10.2. The average molecular weight is 242 g/mol. The molecule has 2 aromatic carbocycles. The molecule has 2 aromatic rings. The van der Waals surface area contributed by atoms with Gasteiger partial charge < -0.3 is 0 Å². The summed E-state index contributed by atoms with van der Waals surface area (Å²) in [6, 6.07) is 18.1. The summed E-state index contributed by atoms with van der Waals surface area (Å²) < 4.78 is 0. The molecule has 0 N–H and O–H groups in total. The number of hydrogen-bond donors (Lipinski definition) is 0. The van der Waals surface area contributed by atoms with E-state index in [1.165, 1.54) is 10.5 Å². The van der Waals surface area contributed by atoms with Crippen LogP contribution in [0.5, 0.6) is 0 Å². The van der Waals surface area contributed by atoms with Gasteiger partial charge in [0.2, 0.25) is 0 Å². The maximum Gasteiger partial charge on any atom is 0.159 e. The van der Waals surface area contributed by atoms with Crippen LogP contribution in [0, 0.1) is 0 Å². The first kappa shape index (κ1) is 11.9. The van der Waals surface area contributed by atoms with Crippen LogP contribution < -0.4 is 0 Å². The largest absolute Gasteiger partial charge is 0.295 e. The zero-order valence-electron chi connectivity index (χ0n) is 9.72. The third-order valence-corrected chi connectivity index (χ3v) is 3.59. The lowest BCUT2D eigenvalue weighted by Crippen LogP contribution is -1.90. The summed E-state index contributed by atoms with van der Waals surface area (Å²) in [5.74, 6) is 1.07. The number of benzene rings is 2. The van der Waals surface area contributed by atoms with Crippen molar-refractivity contribution in [1.29, 1.82) is 0 Å². The molecule has 0 aliphatic rings. The van der Waals surface area contributed by atoms with Gasteiger partial charge in [0.25, 0.3) is 0 Å². The fraction of sp³-hybridized carbons (Fsp3) is 0.133. The quantitative estimate of drug-likeness (QED) is 0.591. The van der Waals surface area contributed by atoms with Crippen LogP contribution >= 0.6 is 11.8 Å². The number of Topliss-reactive ketones (excluding diaryl/α,β-unsaturated/α-hetero) is 1. The van der Waals surface area contributed by atoms with E-state index >= 15 is 0 Å². The Balaban J connectivity index is 1.98. The first-order valence-electron chi connectivity index (χ1n) is 5.53. The van der Waals surface area contributed by atoms with Gasteiger partial charge in [-0.05, 0) is 24.6 Å². The first-order chi connectivity index (χ1) is 8.25. The van der Waals surface area contributed by atoms with Gasteiger partial charge in [-0.15, -0.1) is 11.8 Å². The van der Waals surface area contributed by atoms with Gasteiger partial charge in [0.15, 0.2) is 5.78 Å². The molecule has 0 aromatic heterocycles. The molecule has 0 saturated carbocycles. The van der Waals surface area contributed by atoms with Gasteiger partial charge >= 0.3 is 0 Å². The van der Waals surface area contributed by atoms with Crippen LogP contribution in [0.2, 0.25) is 0 Å². The van der Waals surface area contributed by atoms with Crippen molar-refractivity contribution in [2.45, 2.75) is 17.6 Å². The van der Waals surface area contributed by atoms with Crippen LogP contribution in [-0.2, 0) is 5.75 Å². The van der Waals surface area contributed by atoms with Crippen LogP contribution in [0.15, 0.2) is 59.5 Å². The summed E-state index contributed by atoms with van der Waals surface area (Å²) in [7, 11) is 0. The average Bonchev–Trinajstić information content (AvgIpc) is 2.38. The van der Waals surface area contributed by atoms with Crippen molar-refractivity contribution in [3.8, 4) is 0 Å². The fourth-order valence-electron chi connectivity index (χ4n) is 1.53. The summed E-state index contributed by atoms with van der Waals surface area (Å²) in [4.78, 5) is 12.3. The van der Waals surface area contributed by atoms with E-state index in [1.807, 2.05) is 30.3 Å². The highest BCUT2D eigenvalue weighted by atomic mass is 32.2. The van der Waals surface area contributed by atoms with Crippen molar-refractivity contribution >= 4 is 17.5 Å². The van der Waals surface area contributed by atoms with Crippen LogP contribution in [0.1, 0.15) is 22.8 Å². The third-order valence-electron chi connectivity index (χ3n) is 2.51. The van der Waals surface area contributed by atoms with Crippen molar-refractivity contribution in [2.24, 2.45) is 0 Å². The Hall–Kier alpha value is -1.54. The van der Waals surface area contributed by atoms with Crippen molar-refractivity contribution in [3.63, 3.8) is 0 Å². The SMILES string of the molecule is CC(=O)c1ccc(SCc2ccccc2)cc1. The van der Waals surface area contributed by atoms with E-state index in [2.05, 4.69) is 24.3 Å². The molecule has 0 saturated heterocycles. The maximum absolute atomic E-state index is 11.1. The molecule has 0 bridgehead atoms. The summed E-state index contributed by atoms with van der Waals surface area (Å²) in [6.07, 6.45) is 0. The first-order valence-corrected chi connectivity index (χ1v) is 6.52. The van der Waals surface area contributed by atoms with Crippen molar-refractivity contribution in [2.75, 3.05) is 0 Å². The van der Waals surface area contributed by atoms with Gasteiger partial charge in [-0.3, -0.25) is 4.79 Å². The standard InChI is InChI=1S/C15H14OS/c1-12(16)14-7-9-15(10-8-14)17-11-13-5-3-2-4-6-13/h2-10H,11H2,1H3. The smallest absolute Gasteiger partial charge is 0.159 e. The Labute approximate surface area is 106 Å². The molecule has 0 aliphatic carbocycles. The minimum absolute atomic E-state index is 0.115. The second-order valence-electron chi connectivity index (χ2n) is 3.85. The molecule has 0 amide bonds. The van der Waals surface area contributed by atoms with E-state index < -0.39 is 0 Å². The molecular formula is C15H14OS. The molecule has 0 heterocycles. The molecule has 0 unspecified atom stereocenters. The molecule has 2 heteroatoms. The third kappa shape index (κ3) is 3.46. The number of rotatable bonds is 4. The summed E-state index contributed by atoms with van der Waals surface area (Å²) in [5, 5.41) is 0. The topological polar surface area (TPSA) is 17.1 Å². The molecule has 2 rings (SSSR count). The van der Waals surface area contributed by atoms with E-state index in [0.29, 0.717) is 0 Å². The highest BCUT2D eigenvalue weighted by molar-refractivity contribution is 7.98. The minimum Gasteiger partial charge on any atom is -0.295 e. The second kappa shape index (κ2) is 5.69. The van der Waals surface area contributed by atoms with E-state index in [9.17, 15) is 4.79 Å². The van der Waals surface area contributed by atoms with Crippen LogP contribution in [0.3, 0.4) is 0 Å². The molecule has 0 fully saturated rings. The van der Waals surface area contributed by atoms with Crippen LogP contribution in [0.4, 0.5) is 0 Å². The zero-order valence-corrected chi connectivity index (χ0v) is 10.5. The van der Waals surface area contributed by atoms with Crippen molar-refractivity contribution in [1.82, 2.24) is 0 Å². The highest BCUT2D eigenvalue weighted by Gasteiger charge is 1.99. The predicted octanol–water partition coefficient (Wildman–Crippen LogP) is 4.18. The summed E-state index contributed by atoms with van der Waals surface area (Å²) >= 11 is 1.78.